The molecule has 3 atom stereocenters. The molecule has 0 aliphatic carbocycles. The minimum absolute atomic E-state index is 0.0467. The largest absolute Gasteiger partial charge is 0.433 e. The van der Waals surface area contributed by atoms with Gasteiger partial charge in [-0.2, -0.15) is 0 Å². The maximum Gasteiger partial charge on any atom is 0.310 e. The molecule has 150 valence electrons. The monoisotopic (exact) mass is 370 g/mol. The second-order valence-electron chi connectivity index (χ2n) is 8.19. The maximum absolute atomic E-state index is 12.9. The van der Waals surface area contributed by atoms with Gasteiger partial charge in [-0.15, -0.1) is 0 Å². The van der Waals surface area contributed by atoms with Gasteiger partial charge in [0.1, 0.15) is 12.1 Å². The number of rotatable bonds is 8. The van der Waals surface area contributed by atoms with Crippen molar-refractivity contribution in [3.05, 3.63) is 0 Å². The summed E-state index contributed by atoms with van der Waals surface area (Å²) in [5.74, 6) is -0.725. The molecule has 1 heterocycles. The molecule has 1 rings (SSSR count). The number of nitrogens with one attached hydrogen (secondary N) is 1. The Labute approximate surface area is 156 Å². The highest BCUT2D eigenvalue weighted by molar-refractivity contribution is 5.88. The summed E-state index contributed by atoms with van der Waals surface area (Å²) in [4.78, 5) is 38.9. The van der Waals surface area contributed by atoms with Gasteiger partial charge >= 0.3 is 5.97 Å². The van der Waals surface area contributed by atoms with E-state index < -0.39 is 24.3 Å². The predicted molar refractivity (Wildman–Crippen MR) is 98.2 cm³/mol. The summed E-state index contributed by atoms with van der Waals surface area (Å²) in [6.07, 6.45) is 0.152. The van der Waals surface area contributed by atoms with E-state index in [1.54, 1.807) is 11.8 Å². The number of nitrogens with zero attached hydrogens (tertiary/aromatic N) is 1. The normalized spacial score (nSPS) is 21.5. The van der Waals surface area contributed by atoms with E-state index in [1.165, 1.54) is 0 Å². The van der Waals surface area contributed by atoms with Crippen molar-refractivity contribution in [3.63, 3.8) is 0 Å². The highest BCUT2D eigenvalue weighted by atomic mass is 16.7. The van der Waals surface area contributed by atoms with Crippen molar-refractivity contribution in [2.45, 2.75) is 92.1 Å². The zero-order valence-corrected chi connectivity index (χ0v) is 17.1. The molecule has 1 aliphatic rings. The summed E-state index contributed by atoms with van der Waals surface area (Å²) in [5.41, 5.74) is -0.162. The van der Waals surface area contributed by atoms with E-state index in [9.17, 15) is 14.4 Å². The summed E-state index contributed by atoms with van der Waals surface area (Å²) in [6.45, 7) is 13.9. The van der Waals surface area contributed by atoms with Gasteiger partial charge in [0.15, 0.2) is 0 Å². The SMILES string of the molecule is CCO[C@H]1OC(=O)C[C@@H]1NC(=O)[C@H](CC)N(C(=O)CC(C)(C)C)C(C)C. The number of hydrogen-bond donors (Lipinski definition) is 1. The van der Waals surface area contributed by atoms with Crippen molar-refractivity contribution < 1.29 is 23.9 Å². The first-order valence-electron chi connectivity index (χ1n) is 9.42. The Morgan fingerprint density at radius 2 is 1.92 bits per heavy atom. The highest BCUT2D eigenvalue weighted by Gasteiger charge is 2.39. The standard InChI is InChI=1S/C19H34N2O5/c1-8-14(21(12(3)4)15(22)11-19(5,6)7)17(24)20-13-10-16(23)26-18(13)25-9-2/h12-14,18H,8-11H2,1-7H3,(H,20,24)/t13-,14-,18-/m0/s1. The van der Waals surface area contributed by atoms with Crippen LogP contribution in [0.2, 0.25) is 0 Å². The van der Waals surface area contributed by atoms with Crippen molar-refractivity contribution in [1.82, 2.24) is 10.2 Å². The maximum atomic E-state index is 12.9. The fraction of sp³-hybridized carbons (Fsp3) is 0.842. The zero-order valence-electron chi connectivity index (χ0n) is 17.1. The third kappa shape index (κ3) is 6.27. The van der Waals surface area contributed by atoms with Gasteiger partial charge in [-0.1, -0.05) is 27.7 Å². The van der Waals surface area contributed by atoms with Crippen LogP contribution in [0.5, 0.6) is 0 Å². The number of ether oxygens (including phenoxy) is 2. The van der Waals surface area contributed by atoms with Crippen LogP contribution < -0.4 is 5.32 Å². The molecule has 1 N–H and O–H groups in total. The molecule has 0 aromatic carbocycles. The summed E-state index contributed by atoms with van der Waals surface area (Å²) < 4.78 is 10.5. The third-order valence-electron chi connectivity index (χ3n) is 4.17. The lowest BCUT2D eigenvalue weighted by molar-refractivity contribution is -0.164. The van der Waals surface area contributed by atoms with Crippen LogP contribution in [0.15, 0.2) is 0 Å². The molecule has 7 heteroatoms. The molecule has 0 aromatic rings. The molecule has 0 spiro atoms. The summed E-state index contributed by atoms with van der Waals surface area (Å²) in [7, 11) is 0. The molecule has 7 nitrogen and oxygen atoms in total. The molecule has 2 amide bonds. The number of carbonyl (C=O) groups excluding carboxylic acids is 3. The van der Waals surface area contributed by atoms with E-state index in [2.05, 4.69) is 5.32 Å². The van der Waals surface area contributed by atoms with Crippen LogP contribution in [0.4, 0.5) is 0 Å². The van der Waals surface area contributed by atoms with Crippen molar-refractivity contribution in [3.8, 4) is 0 Å². The Hall–Kier alpha value is -1.63. The summed E-state index contributed by atoms with van der Waals surface area (Å²) in [5, 5.41) is 2.84. The van der Waals surface area contributed by atoms with Gasteiger partial charge in [0.25, 0.3) is 0 Å². The van der Waals surface area contributed by atoms with Crippen LogP contribution in [0.3, 0.4) is 0 Å². The van der Waals surface area contributed by atoms with Crippen LogP contribution >= 0.6 is 0 Å². The molecule has 0 bridgehead atoms. The second kappa shape index (κ2) is 9.35. The van der Waals surface area contributed by atoms with Crippen molar-refractivity contribution in [2.24, 2.45) is 5.41 Å². The number of hydrogen-bond acceptors (Lipinski definition) is 5. The van der Waals surface area contributed by atoms with Gasteiger partial charge in [-0.3, -0.25) is 14.4 Å². The first kappa shape index (κ1) is 22.4. The summed E-state index contributed by atoms with van der Waals surface area (Å²) >= 11 is 0. The van der Waals surface area contributed by atoms with E-state index in [-0.39, 0.29) is 29.7 Å². The van der Waals surface area contributed by atoms with Crippen molar-refractivity contribution in [1.29, 1.82) is 0 Å². The van der Waals surface area contributed by atoms with Crippen LogP contribution in [0.25, 0.3) is 0 Å². The van der Waals surface area contributed by atoms with Crippen LogP contribution in [0, 0.1) is 5.41 Å². The average molecular weight is 370 g/mol. The van der Waals surface area contributed by atoms with E-state index >= 15 is 0 Å². The number of esters is 1. The molecule has 1 fully saturated rings. The molecular formula is C19H34N2O5. The predicted octanol–water partition coefficient (Wildman–Crippen LogP) is 2.23. The molecular weight excluding hydrogens is 336 g/mol. The molecule has 26 heavy (non-hydrogen) atoms. The van der Waals surface area contributed by atoms with Gasteiger partial charge in [-0.05, 0) is 32.6 Å². The lowest BCUT2D eigenvalue weighted by Gasteiger charge is -2.36. The van der Waals surface area contributed by atoms with Gasteiger partial charge in [0, 0.05) is 19.1 Å². The molecule has 0 aromatic heterocycles. The molecule has 0 unspecified atom stereocenters. The topological polar surface area (TPSA) is 84.9 Å². The second-order valence-corrected chi connectivity index (χ2v) is 8.19. The minimum atomic E-state index is -0.772. The van der Waals surface area contributed by atoms with E-state index in [1.807, 2.05) is 41.5 Å². The van der Waals surface area contributed by atoms with Gasteiger partial charge in [0.2, 0.25) is 18.1 Å². The first-order valence-corrected chi connectivity index (χ1v) is 9.42. The molecule has 0 radical (unpaired) electrons. The van der Waals surface area contributed by atoms with Gasteiger partial charge < -0.3 is 19.7 Å². The smallest absolute Gasteiger partial charge is 0.310 e. The zero-order chi connectivity index (χ0) is 20.1. The Balaban J connectivity index is 2.90. The van der Waals surface area contributed by atoms with Gasteiger partial charge in [0.05, 0.1) is 6.42 Å². The highest BCUT2D eigenvalue weighted by Crippen LogP contribution is 2.23. The number of amides is 2. The van der Waals surface area contributed by atoms with Gasteiger partial charge in [-0.25, -0.2) is 0 Å². The Bertz CT molecular complexity index is 513. The Kier molecular flexibility index (Phi) is 8.06. The lowest BCUT2D eigenvalue weighted by atomic mass is 9.91. The number of cyclic esters (lactones) is 1. The first-order chi connectivity index (χ1) is 12.0. The quantitative estimate of drug-likeness (QED) is 0.662. The Morgan fingerprint density at radius 1 is 1.31 bits per heavy atom. The van der Waals surface area contributed by atoms with E-state index in [4.69, 9.17) is 9.47 Å². The van der Waals surface area contributed by atoms with Crippen LogP contribution in [0.1, 0.15) is 67.7 Å². The Morgan fingerprint density at radius 3 is 2.38 bits per heavy atom. The third-order valence-corrected chi connectivity index (χ3v) is 4.17. The minimum Gasteiger partial charge on any atom is -0.433 e. The summed E-state index contributed by atoms with van der Waals surface area (Å²) in [6, 6.07) is -1.23. The molecule has 0 saturated carbocycles. The van der Waals surface area contributed by atoms with Crippen molar-refractivity contribution in [2.75, 3.05) is 6.61 Å². The van der Waals surface area contributed by atoms with Crippen LogP contribution in [-0.4, -0.2) is 53.7 Å². The average Bonchev–Trinajstić information content (AvgIpc) is 2.81. The molecule has 1 aliphatic heterocycles. The fourth-order valence-corrected chi connectivity index (χ4v) is 3.12. The van der Waals surface area contributed by atoms with E-state index in [0.717, 1.165) is 0 Å². The van der Waals surface area contributed by atoms with Crippen molar-refractivity contribution >= 4 is 17.8 Å². The van der Waals surface area contributed by atoms with E-state index in [0.29, 0.717) is 19.4 Å². The fourth-order valence-electron chi connectivity index (χ4n) is 3.12. The number of carbonyl (C=O) groups is 3. The lowest BCUT2D eigenvalue weighted by Crippen LogP contribution is -2.55. The molecule has 1 saturated heterocycles. The van der Waals surface area contributed by atoms with Crippen LogP contribution in [-0.2, 0) is 23.9 Å².